The summed E-state index contributed by atoms with van der Waals surface area (Å²) in [4.78, 5) is 2.58. The van der Waals surface area contributed by atoms with Crippen LogP contribution in [-0.4, -0.2) is 30.0 Å². The normalized spacial score (nSPS) is 20.1. The van der Waals surface area contributed by atoms with E-state index in [0.717, 1.165) is 18.6 Å². The van der Waals surface area contributed by atoms with Gasteiger partial charge in [0.05, 0.1) is 5.52 Å². The van der Waals surface area contributed by atoms with Crippen molar-refractivity contribution in [2.24, 2.45) is 0 Å². The summed E-state index contributed by atoms with van der Waals surface area (Å²) in [6, 6.07) is 9.12. The molecule has 0 aliphatic carbocycles. The molecule has 0 bridgehead atoms. The summed E-state index contributed by atoms with van der Waals surface area (Å²) < 4.78 is 4.59. The quantitative estimate of drug-likeness (QED) is 0.928. The third-order valence-electron chi connectivity index (χ3n) is 3.88. The number of aromatic nitrogens is 1. The van der Waals surface area contributed by atoms with Gasteiger partial charge in [-0.05, 0) is 49.5 Å². The highest BCUT2D eigenvalue weighted by molar-refractivity contribution is 7.11. The second kappa shape index (κ2) is 5.88. The zero-order valence-corrected chi connectivity index (χ0v) is 12.2. The smallest absolute Gasteiger partial charge is 0.120 e. The molecule has 1 fully saturated rings. The predicted molar refractivity (Wildman–Crippen MR) is 83.1 cm³/mol. The summed E-state index contributed by atoms with van der Waals surface area (Å²) in [5.41, 5.74) is 1.13. The van der Waals surface area contributed by atoms with Crippen molar-refractivity contribution in [3.8, 4) is 0 Å². The van der Waals surface area contributed by atoms with Crippen molar-refractivity contribution in [1.82, 2.24) is 9.69 Å². The van der Waals surface area contributed by atoms with Crippen LogP contribution in [0.5, 0.6) is 0 Å². The molecule has 1 saturated heterocycles. The summed E-state index contributed by atoms with van der Waals surface area (Å²) in [5, 5.41) is 6.18. The topological polar surface area (TPSA) is 28.2 Å². The minimum Gasteiger partial charge on any atom is -0.357 e. The number of rotatable bonds is 4. The maximum absolute atomic E-state index is 4.59. The van der Waals surface area contributed by atoms with Crippen molar-refractivity contribution >= 4 is 27.4 Å². The molecule has 0 amide bonds. The van der Waals surface area contributed by atoms with Crippen LogP contribution in [0.2, 0.25) is 0 Å². The van der Waals surface area contributed by atoms with Crippen LogP contribution in [0.25, 0.3) is 10.9 Å². The SMILES string of the molecule is CCNCC1CCCCN1c1snc2ccccc12. The molecule has 1 atom stereocenters. The molecule has 3 rings (SSSR count). The Morgan fingerprint density at radius 1 is 1.37 bits per heavy atom. The Morgan fingerprint density at radius 3 is 3.16 bits per heavy atom. The molecule has 1 aliphatic heterocycles. The van der Waals surface area contributed by atoms with Crippen LogP contribution in [0.15, 0.2) is 24.3 Å². The first-order valence-corrected chi connectivity index (χ1v) is 7.99. The van der Waals surface area contributed by atoms with Crippen LogP contribution in [0.4, 0.5) is 5.00 Å². The van der Waals surface area contributed by atoms with Gasteiger partial charge in [-0.3, -0.25) is 0 Å². The zero-order chi connectivity index (χ0) is 13.1. The fourth-order valence-corrected chi connectivity index (χ4v) is 3.83. The molecule has 2 aromatic rings. The van der Waals surface area contributed by atoms with Crippen LogP contribution >= 0.6 is 11.5 Å². The first kappa shape index (κ1) is 12.9. The number of likely N-dealkylation sites (N-methyl/N-ethyl adjacent to an activating group) is 1. The minimum atomic E-state index is 0.623. The molecule has 1 unspecified atom stereocenters. The number of hydrogen-bond acceptors (Lipinski definition) is 4. The Balaban J connectivity index is 1.89. The Labute approximate surface area is 118 Å². The van der Waals surface area contributed by atoms with Gasteiger partial charge < -0.3 is 10.2 Å². The van der Waals surface area contributed by atoms with Crippen LogP contribution in [-0.2, 0) is 0 Å². The van der Waals surface area contributed by atoms with Gasteiger partial charge >= 0.3 is 0 Å². The van der Waals surface area contributed by atoms with E-state index in [0.29, 0.717) is 6.04 Å². The van der Waals surface area contributed by atoms with Gasteiger partial charge in [0.2, 0.25) is 0 Å². The summed E-state index contributed by atoms with van der Waals surface area (Å²) in [5.74, 6) is 0. The van der Waals surface area contributed by atoms with Crippen LogP contribution in [0.3, 0.4) is 0 Å². The van der Waals surface area contributed by atoms with Crippen molar-refractivity contribution in [3.05, 3.63) is 24.3 Å². The Kier molecular flexibility index (Phi) is 3.99. The lowest BCUT2D eigenvalue weighted by molar-refractivity contribution is 0.442. The van der Waals surface area contributed by atoms with Gasteiger partial charge in [0.1, 0.15) is 5.00 Å². The van der Waals surface area contributed by atoms with E-state index >= 15 is 0 Å². The number of hydrogen-bond donors (Lipinski definition) is 1. The summed E-state index contributed by atoms with van der Waals surface area (Å²) in [6.45, 7) is 5.48. The molecule has 19 heavy (non-hydrogen) atoms. The average Bonchev–Trinajstić information content (AvgIpc) is 2.89. The number of piperidine rings is 1. The monoisotopic (exact) mass is 275 g/mol. The zero-order valence-electron chi connectivity index (χ0n) is 11.4. The molecular weight excluding hydrogens is 254 g/mol. The van der Waals surface area contributed by atoms with E-state index in [1.165, 1.54) is 36.2 Å². The van der Waals surface area contributed by atoms with E-state index in [4.69, 9.17) is 0 Å². The van der Waals surface area contributed by atoms with Crippen molar-refractivity contribution in [3.63, 3.8) is 0 Å². The molecule has 0 spiro atoms. The molecule has 0 radical (unpaired) electrons. The highest BCUT2D eigenvalue weighted by Crippen LogP contribution is 2.34. The fourth-order valence-electron chi connectivity index (χ4n) is 2.87. The van der Waals surface area contributed by atoms with Crippen LogP contribution < -0.4 is 10.2 Å². The molecule has 1 N–H and O–H groups in total. The van der Waals surface area contributed by atoms with E-state index < -0.39 is 0 Å². The van der Waals surface area contributed by atoms with Gasteiger partial charge in [-0.15, -0.1) is 0 Å². The van der Waals surface area contributed by atoms with Gasteiger partial charge in [0.15, 0.2) is 0 Å². The van der Waals surface area contributed by atoms with Gasteiger partial charge in [0.25, 0.3) is 0 Å². The largest absolute Gasteiger partial charge is 0.357 e. The van der Waals surface area contributed by atoms with Gasteiger partial charge in [0, 0.05) is 24.5 Å². The first-order valence-electron chi connectivity index (χ1n) is 7.22. The molecule has 1 aliphatic rings. The number of nitrogens with zero attached hydrogens (tertiary/aromatic N) is 2. The molecule has 4 heteroatoms. The standard InChI is InChI=1S/C15H21N3S/c1-2-16-11-12-7-5-6-10-18(12)15-13-8-3-4-9-14(13)17-19-15/h3-4,8-9,12,16H,2,5-7,10-11H2,1H3. The van der Waals surface area contributed by atoms with Crippen LogP contribution in [0, 0.1) is 0 Å². The summed E-state index contributed by atoms with van der Waals surface area (Å²) in [6.07, 6.45) is 3.94. The van der Waals surface area contributed by atoms with Gasteiger partial charge in [-0.25, -0.2) is 0 Å². The van der Waals surface area contributed by atoms with E-state index in [-0.39, 0.29) is 0 Å². The van der Waals surface area contributed by atoms with Crippen molar-refractivity contribution < 1.29 is 0 Å². The maximum Gasteiger partial charge on any atom is 0.120 e. The number of fused-ring (bicyclic) bond motifs is 1. The second-order valence-corrected chi connectivity index (χ2v) is 5.91. The second-order valence-electron chi connectivity index (χ2n) is 5.16. The predicted octanol–water partition coefficient (Wildman–Crippen LogP) is 3.26. The van der Waals surface area contributed by atoms with Gasteiger partial charge in [-0.2, -0.15) is 4.37 Å². The summed E-state index contributed by atoms with van der Waals surface area (Å²) in [7, 11) is 0. The third kappa shape index (κ3) is 2.60. The fraction of sp³-hybridized carbons (Fsp3) is 0.533. The molecule has 1 aromatic carbocycles. The highest BCUT2D eigenvalue weighted by atomic mass is 32.1. The molecule has 0 saturated carbocycles. The number of nitrogens with one attached hydrogen (secondary N) is 1. The molecule has 1 aromatic heterocycles. The van der Waals surface area contributed by atoms with E-state index in [9.17, 15) is 0 Å². The van der Waals surface area contributed by atoms with Crippen molar-refractivity contribution in [1.29, 1.82) is 0 Å². The van der Waals surface area contributed by atoms with E-state index in [1.807, 2.05) is 0 Å². The lowest BCUT2D eigenvalue weighted by Gasteiger charge is -2.36. The first-order chi connectivity index (χ1) is 9.40. The lowest BCUT2D eigenvalue weighted by Crippen LogP contribution is -2.45. The summed E-state index contributed by atoms with van der Waals surface area (Å²) >= 11 is 1.65. The third-order valence-corrected chi connectivity index (χ3v) is 4.80. The highest BCUT2D eigenvalue weighted by Gasteiger charge is 2.24. The van der Waals surface area contributed by atoms with E-state index in [1.54, 1.807) is 11.5 Å². The van der Waals surface area contributed by atoms with E-state index in [2.05, 4.69) is 45.8 Å². The molecule has 102 valence electrons. The van der Waals surface area contributed by atoms with Crippen molar-refractivity contribution in [2.75, 3.05) is 24.5 Å². The van der Waals surface area contributed by atoms with Gasteiger partial charge in [-0.1, -0.05) is 19.1 Å². The van der Waals surface area contributed by atoms with Crippen molar-refractivity contribution in [2.45, 2.75) is 32.2 Å². The van der Waals surface area contributed by atoms with Crippen LogP contribution in [0.1, 0.15) is 26.2 Å². The number of benzene rings is 1. The Bertz CT molecular complexity index is 537. The Hall–Kier alpha value is -1.13. The molecule has 3 nitrogen and oxygen atoms in total. The molecular formula is C15H21N3S. The number of anilines is 1. The average molecular weight is 275 g/mol. The minimum absolute atomic E-state index is 0.623. The lowest BCUT2D eigenvalue weighted by atomic mass is 10.0. The maximum atomic E-state index is 4.59. The molecule has 2 heterocycles. The Morgan fingerprint density at radius 2 is 2.26 bits per heavy atom.